The van der Waals surface area contributed by atoms with Crippen molar-refractivity contribution in [3.05, 3.63) is 77.5 Å². The van der Waals surface area contributed by atoms with Crippen LogP contribution in [0.5, 0.6) is 0 Å². The van der Waals surface area contributed by atoms with E-state index >= 15 is 0 Å². The van der Waals surface area contributed by atoms with Gasteiger partial charge in [-0.05, 0) is 37.6 Å². The number of anilines is 1. The van der Waals surface area contributed by atoms with Gasteiger partial charge in [0.15, 0.2) is 0 Å². The Morgan fingerprint density at radius 2 is 1.91 bits per heavy atom. The van der Waals surface area contributed by atoms with Crippen LogP contribution in [0.2, 0.25) is 0 Å². The molecule has 0 fully saturated rings. The summed E-state index contributed by atoms with van der Waals surface area (Å²) in [5, 5.41) is 13.1. The van der Waals surface area contributed by atoms with Crippen molar-refractivity contribution in [1.82, 2.24) is 10.5 Å². The van der Waals surface area contributed by atoms with Crippen LogP contribution in [0, 0.1) is 11.5 Å². The molecule has 2 aromatic carbocycles. The molecule has 32 heavy (non-hydrogen) atoms. The summed E-state index contributed by atoms with van der Waals surface area (Å²) in [7, 11) is 0. The van der Waals surface area contributed by atoms with Crippen molar-refractivity contribution in [2.45, 2.75) is 26.1 Å². The number of hydrogen-bond donors (Lipinski definition) is 2. The quantitative estimate of drug-likeness (QED) is 0.267. The van der Waals surface area contributed by atoms with Gasteiger partial charge in [0.25, 0.3) is 5.91 Å². The lowest BCUT2D eigenvalue weighted by molar-refractivity contribution is -0.167. The number of hydroxylamine groups is 3. The minimum atomic E-state index is -1.39. The van der Waals surface area contributed by atoms with Gasteiger partial charge in [0, 0.05) is 11.4 Å². The first kappa shape index (κ1) is 22.8. The molecule has 2 aromatic rings. The van der Waals surface area contributed by atoms with Crippen molar-refractivity contribution in [1.29, 1.82) is 5.26 Å². The molecule has 166 valence electrons. The van der Waals surface area contributed by atoms with E-state index in [4.69, 9.17) is 14.4 Å². The van der Waals surface area contributed by atoms with Crippen LogP contribution in [0.3, 0.4) is 0 Å². The lowest BCUT2D eigenvalue weighted by Crippen LogP contribution is -2.46. The molecule has 0 saturated heterocycles. The second-order valence-electron chi connectivity index (χ2n) is 7.00. The molecule has 0 bridgehead atoms. The number of nitriles is 1. The van der Waals surface area contributed by atoms with Gasteiger partial charge in [-0.15, -0.1) is 5.06 Å². The van der Waals surface area contributed by atoms with Crippen LogP contribution in [0.1, 0.15) is 29.8 Å². The van der Waals surface area contributed by atoms with Crippen molar-refractivity contribution < 1.29 is 24.0 Å². The second-order valence-corrected chi connectivity index (χ2v) is 7.00. The third-order valence-corrected chi connectivity index (χ3v) is 4.64. The summed E-state index contributed by atoms with van der Waals surface area (Å²) in [6.07, 6.45) is 3.38. The number of carbonyl (C=O) groups excluding carboxylic acids is 2. The topological polar surface area (TPSA) is 113 Å². The van der Waals surface area contributed by atoms with Crippen molar-refractivity contribution in [2.24, 2.45) is 0 Å². The lowest BCUT2D eigenvalue weighted by atomic mass is 10.0. The molecule has 2 N–H and O–H groups in total. The Bertz CT molecular complexity index is 1030. The van der Waals surface area contributed by atoms with E-state index in [2.05, 4.69) is 10.8 Å². The maximum absolute atomic E-state index is 13.0. The molecule has 9 nitrogen and oxygen atoms in total. The van der Waals surface area contributed by atoms with Crippen LogP contribution in [-0.2, 0) is 25.8 Å². The molecule has 1 atom stereocenters. The molecular formula is C23H24N4O5. The fraction of sp³-hybridized carbons (Fsp3) is 0.261. The summed E-state index contributed by atoms with van der Waals surface area (Å²) in [6, 6.07) is 15.8. The first-order valence-electron chi connectivity index (χ1n) is 10.0. The van der Waals surface area contributed by atoms with Gasteiger partial charge in [-0.3, -0.25) is 19.9 Å². The maximum Gasteiger partial charge on any atom is 0.347 e. The highest BCUT2D eigenvalue weighted by atomic mass is 16.7. The average Bonchev–Trinajstić information content (AvgIpc) is 3.21. The summed E-state index contributed by atoms with van der Waals surface area (Å²) in [6.45, 7) is 3.72. The number of carbonyl (C=O) groups is 2. The third-order valence-electron chi connectivity index (χ3n) is 4.64. The Hall–Kier alpha value is -3.87. The van der Waals surface area contributed by atoms with Gasteiger partial charge in [-0.25, -0.2) is 4.79 Å². The Morgan fingerprint density at radius 1 is 1.19 bits per heavy atom. The average molecular weight is 436 g/mol. The van der Waals surface area contributed by atoms with E-state index in [9.17, 15) is 14.9 Å². The van der Waals surface area contributed by atoms with E-state index in [1.165, 1.54) is 0 Å². The van der Waals surface area contributed by atoms with Gasteiger partial charge in [0.1, 0.15) is 6.61 Å². The number of benzene rings is 2. The van der Waals surface area contributed by atoms with E-state index in [-0.39, 0.29) is 25.3 Å². The number of ether oxygens (including phenoxy) is 1. The Morgan fingerprint density at radius 3 is 2.56 bits per heavy atom. The number of rotatable bonds is 9. The molecular weight excluding hydrogens is 412 g/mol. The molecule has 1 aliphatic heterocycles. The van der Waals surface area contributed by atoms with Crippen LogP contribution in [-0.4, -0.2) is 35.7 Å². The first-order valence-corrected chi connectivity index (χ1v) is 10.0. The third kappa shape index (κ3) is 5.24. The van der Waals surface area contributed by atoms with Crippen molar-refractivity contribution in [3.63, 3.8) is 0 Å². The highest BCUT2D eigenvalue weighted by Gasteiger charge is 2.44. The fourth-order valence-electron chi connectivity index (χ4n) is 3.10. The maximum atomic E-state index is 13.0. The molecule has 0 spiro atoms. The van der Waals surface area contributed by atoms with Crippen molar-refractivity contribution in [3.8, 4) is 6.19 Å². The molecule has 9 heteroatoms. The predicted octanol–water partition coefficient (Wildman–Crippen LogP) is 2.89. The van der Waals surface area contributed by atoms with Crippen LogP contribution < -0.4 is 10.8 Å². The fourth-order valence-corrected chi connectivity index (χ4v) is 3.10. The molecule has 1 heterocycles. The number of amides is 1. The van der Waals surface area contributed by atoms with E-state index in [0.29, 0.717) is 16.4 Å². The van der Waals surface area contributed by atoms with Crippen LogP contribution in [0.15, 0.2) is 66.4 Å². The monoisotopic (exact) mass is 436 g/mol. The van der Waals surface area contributed by atoms with Gasteiger partial charge in [-0.1, -0.05) is 42.5 Å². The van der Waals surface area contributed by atoms with Gasteiger partial charge in [0.2, 0.25) is 11.8 Å². The van der Waals surface area contributed by atoms with Crippen molar-refractivity contribution >= 4 is 17.6 Å². The number of nitrogens with zero attached hydrogens (tertiary/aromatic N) is 2. The Balaban J connectivity index is 1.75. The molecule has 0 radical (unpaired) electrons. The van der Waals surface area contributed by atoms with E-state index < -0.39 is 17.5 Å². The highest BCUT2D eigenvalue weighted by Crippen LogP contribution is 2.25. The standard InChI is InChI=1S/C23H24N4O5/c1-3-30-22(29)23(13-17(2)26-32-23)15-25-20-12-8-7-11-19(20)21(28)27(16-24)31-14-18-9-5-4-6-10-18/h4-13,25-26H,3,14-15H2,1-2H3. The molecule has 0 aliphatic carbocycles. The lowest BCUT2D eigenvalue weighted by Gasteiger charge is -2.25. The van der Waals surface area contributed by atoms with E-state index in [1.54, 1.807) is 50.4 Å². The van der Waals surface area contributed by atoms with Crippen LogP contribution in [0.4, 0.5) is 5.69 Å². The minimum Gasteiger partial charge on any atom is -0.463 e. The number of esters is 1. The minimum absolute atomic E-state index is 0.00209. The van der Waals surface area contributed by atoms with Crippen LogP contribution in [0.25, 0.3) is 0 Å². The first-order chi connectivity index (χ1) is 15.5. The highest BCUT2D eigenvalue weighted by molar-refractivity contribution is 6.00. The zero-order valence-electron chi connectivity index (χ0n) is 17.8. The second kappa shape index (κ2) is 10.4. The summed E-state index contributed by atoms with van der Waals surface area (Å²) in [5.41, 5.74) is 3.36. The van der Waals surface area contributed by atoms with E-state index in [1.807, 2.05) is 30.3 Å². The largest absolute Gasteiger partial charge is 0.463 e. The predicted molar refractivity (Wildman–Crippen MR) is 115 cm³/mol. The number of nitrogens with one attached hydrogen (secondary N) is 2. The van der Waals surface area contributed by atoms with E-state index in [0.717, 1.165) is 5.56 Å². The van der Waals surface area contributed by atoms with Gasteiger partial charge >= 0.3 is 5.97 Å². The smallest absolute Gasteiger partial charge is 0.347 e. The molecule has 3 rings (SSSR count). The zero-order chi connectivity index (χ0) is 23.0. The number of allylic oxidation sites excluding steroid dienone is 1. The molecule has 1 unspecified atom stereocenters. The molecule has 0 aromatic heterocycles. The Kier molecular flexibility index (Phi) is 7.44. The van der Waals surface area contributed by atoms with Crippen molar-refractivity contribution in [2.75, 3.05) is 18.5 Å². The van der Waals surface area contributed by atoms with Gasteiger partial charge in [0.05, 0.1) is 18.7 Å². The SMILES string of the molecule is CCOC(=O)C1(CNc2ccccc2C(=O)N(C#N)OCc2ccccc2)C=C(C)NO1. The Labute approximate surface area is 186 Å². The zero-order valence-corrected chi connectivity index (χ0v) is 17.8. The molecule has 1 aliphatic rings. The number of hydrogen-bond acceptors (Lipinski definition) is 8. The summed E-state index contributed by atoms with van der Waals surface area (Å²) < 4.78 is 5.15. The summed E-state index contributed by atoms with van der Waals surface area (Å²) in [4.78, 5) is 36.4. The van der Waals surface area contributed by atoms with Crippen LogP contribution >= 0.6 is 0 Å². The summed E-state index contributed by atoms with van der Waals surface area (Å²) in [5.74, 6) is -1.21. The normalized spacial score (nSPS) is 17.0. The molecule has 0 saturated carbocycles. The van der Waals surface area contributed by atoms with Gasteiger partial charge in [-0.2, -0.15) is 5.26 Å². The van der Waals surface area contributed by atoms with Gasteiger partial charge < -0.3 is 10.1 Å². The summed E-state index contributed by atoms with van der Waals surface area (Å²) >= 11 is 0. The molecule has 1 amide bonds. The number of para-hydroxylation sites is 1.